The van der Waals surface area contributed by atoms with Gasteiger partial charge in [0.2, 0.25) is 11.9 Å². The topological polar surface area (TPSA) is 70.2 Å². The van der Waals surface area contributed by atoms with Crippen LogP contribution in [0.15, 0.2) is 36.7 Å². The summed E-state index contributed by atoms with van der Waals surface area (Å²) >= 11 is 0. The Morgan fingerprint density at radius 3 is 2.42 bits per heavy atom. The van der Waals surface area contributed by atoms with Crippen LogP contribution in [0.1, 0.15) is 50.3 Å². The van der Waals surface area contributed by atoms with Crippen LogP contribution in [0, 0.1) is 0 Å². The smallest absolute Gasteiger partial charge is 0.225 e. The predicted octanol–water partition coefficient (Wildman–Crippen LogP) is 3.28. The number of carbonyl (C=O) groups excluding carboxylic acids is 1. The quantitative estimate of drug-likeness (QED) is 0.799. The van der Waals surface area contributed by atoms with E-state index in [-0.39, 0.29) is 11.9 Å². The van der Waals surface area contributed by atoms with Crippen molar-refractivity contribution in [2.75, 3.05) is 23.3 Å². The van der Waals surface area contributed by atoms with Crippen molar-refractivity contribution in [1.82, 2.24) is 15.3 Å². The van der Waals surface area contributed by atoms with E-state index in [0.717, 1.165) is 36.8 Å². The fourth-order valence-corrected chi connectivity index (χ4v) is 3.01. The van der Waals surface area contributed by atoms with Gasteiger partial charge in [-0.2, -0.15) is 0 Å². The highest BCUT2D eigenvalue weighted by molar-refractivity contribution is 5.90. The molecule has 2 aromatic rings. The van der Waals surface area contributed by atoms with E-state index < -0.39 is 0 Å². The van der Waals surface area contributed by atoms with E-state index in [0.29, 0.717) is 6.42 Å². The van der Waals surface area contributed by atoms with E-state index in [1.807, 2.05) is 43.6 Å². The first-order valence-corrected chi connectivity index (χ1v) is 9.34. The number of hydrogen-bond donors (Lipinski definition) is 2. The average molecular weight is 353 g/mol. The standard InChI is InChI=1S/C20H27N5O/c1-3-19(26)24-18-8-6-17(7-9-18)15(2)21-12-16-13-22-20(23-14-16)25-10-4-5-11-25/h6-9,13-15,21H,3-5,10-12H2,1-2H3,(H,24,26). The molecule has 0 radical (unpaired) electrons. The number of nitrogens with zero attached hydrogens (tertiary/aromatic N) is 3. The third-order valence-electron chi connectivity index (χ3n) is 4.71. The molecule has 1 aliphatic rings. The largest absolute Gasteiger partial charge is 0.341 e. The summed E-state index contributed by atoms with van der Waals surface area (Å²) < 4.78 is 0. The van der Waals surface area contributed by atoms with E-state index in [1.54, 1.807) is 0 Å². The van der Waals surface area contributed by atoms with Gasteiger partial charge in [0.15, 0.2) is 0 Å². The van der Waals surface area contributed by atoms with Gasteiger partial charge in [0.1, 0.15) is 0 Å². The van der Waals surface area contributed by atoms with Gasteiger partial charge in [0.05, 0.1) is 0 Å². The Morgan fingerprint density at radius 1 is 1.15 bits per heavy atom. The zero-order valence-corrected chi connectivity index (χ0v) is 15.5. The molecule has 1 fully saturated rings. The number of anilines is 2. The Morgan fingerprint density at radius 2 is 1.81 bits per heavy atom. The molecule has 3 rings (SSSR count). The molecule has 26 heavy (non-hydrogen) atoms. The Labute approximate surface area is 155 Å². The highest BCUT2D eigenvalue weighted by Gasteiger charge is 2.14. The van der Waals surface area contributed by atoms with E-state index in [9.17, 15) is 4.79 Å². The molecule has 1 atom stereocenters. The molecule has 1 saturated heterocycles. The summed E-state index contributed by atoms with van der Waals surface area (Å²) in [6.07, 6.45) is 6.75. The molecule has 0 aliphatic carbocycles. The van der Waals surface area contributed by atoms with Gasteiger partial charge in [-0.05, 0) is 37.5 Å². The van der Waals surface area contributed by atoms with E-state index in [4.69, 9.17) is 0 Å². The Bertz CT molecular complexity index is 708. The number of benzene rings is 1. The number of aromatic nitrogens is 2. The summed E-state index contributed by atoms with van der Waals surface area (Å²) in [6.45, 7) is 6.80. The van der Waals surface area contributed by atoms with Gasteiger partial charge in [-0.3, -0.25) is 4.79 Å². The summed E-state index contributed by atoms with van der Waals surface area (Å²) in [6, 6.07) is 8.15. The molecular formula is C20H27N5O. The van der Waals surface area contributed by atoms with Crippen molar-refractivity contribution < 1.29 is 4.79 Å². The molecule has 6 nitrogen and oxygen atoms in total. The van der Waals surface area contributed by atoms with Crippen LogP contribution in [-0.4, -0.2) is 29.0 Å². The summed E-state index contributed by atoms with van der Waals surface area (Å²) in [7, 11) is 0. The molecule has 0 bridgehead atoms. The molecule has 1 aromatic carbocycles. The second-order valence-electron chi connectivity index (χ2n) is 6.71. The van der Waals surface area contributed by atoms with Gasteiger partial charge in [-0.15, -0.1) is 0 Å². The van der Waals surface area contributed by atoms with E-state index >= 15 is 0 Å². The maximum absolute atomic E-state index is 11.4. The van der Waals surface area contributed by atoms with Crippen LogP contribution in [0.5, 0.6) is 0 Å². The Hall–Kier alpha value is -2.47. The summed E-state index contributed by atoms with van der Waals surface area (Å²) in [5.74, 6) is 0.866. The van der Waals surface area contributed by atoms with E-state index in [1.165, 1.54) is 18.4 Å². The van der Waals surface area contributed by atoms with Crippen molar-refractivity contribution in [3.8, 4) is 0 Å². The second-order valence-corrected chi connectivity index (χ2v) is 6.71. The fraction of sp³-hybridized carbons (Fsp3) is 0.450. The number of carbonyl (C=O) groups is 1. The molecule has 2 N–H and O–H groups in total. The Kier molecular flexibility index (Phi) is 6.17. The lowest BCUT2D eigenvalue weighted by Crippen LogP contribution is -2.21. The van der Waals surface area contributed by atoms with Gasteiger partial charge in [-0.25, -0.2) is 9.97 Å². The monoisotopic (exact) mass is 353 g/mol. The average Bonchev–Trinajstić information content (AvgIpc) is 3.22. The van der Waals surface area contributed by atoms with Crippen molar-refractivity contribution in [2.24, 2.45) is 0 Å². The zero-order chi connectivity index (χ0) is 18.4. The molecule has 6 heteroatoms. The van der Waals surface area contributed by atoms with Crippen molar-refractivity contribution >= 4 is 17.5 Å². The highest BCUT2D eigenvalue weighted by Crippen LogP contribution is 2.18. The zero-order valence-electron chi connectivity index (χ0n) is 15.5. The lowest BCUT2D eigenvalue weighted by atomic mass is 10.1. The van der Waals surface area contributed by atoms with Crippen molar-refractivity contribution in [1.29, 1.82) is 0 Å². The first-order valence-electron chi connectivity index (χ1n) is 9.34. The minimum absolute atomic E-state index is 0.0290. The third kappa shape index (κ3) is 4.79. The molecule has 0 saturated carbocycles. The van der Waals surface area contributed by atoms with Crippen LogP contribution < -0.4 is 15.5 Å². The summed E-state index contributed by atoms with van der Waals surface area (Å²) in [4.78, 5) is 22.7. The molecule has 1 amide bonds. The minimum Gasteiger partial charge on any atom is -0.341 e. The highest BCUT2D eigenvalue weighted by atomic mass is 16.1. The number of amides is 1. The first kappa shape index (κ1) is 18.3. The predicted molar refractivity (Wildman–Crippen MR) is 104 cm³/mol. The second kappa shape index (κ2) is 8.76. The lowest BCUT2D eigenvalue weighted by molar-refractivity contribution is -0.115. The molecule has 1 aliphatic heterocycles. The van der Waals surface area contributed by atoms with Crippen LogP contribution in [0.4, 0.5) is 11.6 Å². The van der Waals surface area contributed by atoms with Gasteiger partial charge < -0.3 is 15.5 Å². The van der Waals surface area contributed by atoms with Crippen molar-refractivity contribution in [3.63, 3.8) is 0 Å². The fourth-order valence-electron chi connectivity index (χ4n) is 3.01. The van der Waals surface area contributed by atoms with Crippen LogP contribution in [-0.2, 0) is 11.3 Å². The van der Waals surface area contributed by atoms with E-state index in [2.05, 4.69) is 32.4 Å². The summed E-state index contributed by atoms with van der Waals surface area (Å²) in [5, 5.41) is 6.36. The van der Waals surface area contributed by atoms with Crippen LogP contribution in [0.25, 0.3) is 0 Å². The SMILES string of the molecule is CCC(=O)Nc1ccc(C(C)NCc2cnc(N3CCCC3)nc2)cc1. The molecule has 1 unspecified atom stereocenters. The lowest BCUT2D eigenvalue weighted by Gasteiger charge is -2.16. The minimum atomic E-state index is 0.0290. The molecule has 2 heterocycles. The number of rotatable bonds is 7. The van der Waals surface area contributed by atoms with Crippen LogP contribution in [0.2, 0.25) is 0 Å². The molecule has 138 valence electrons. The van der Waals surface area contributed by atoms with Gasteiger partial charge >= 0.3 is 0 Å². The maximum atomic E-state index is 11.4. The molecule has 0 spiro atoms. The van der Waals surface area contributed by atoms with Crippen molar-refractivity contribution in [3.05, 3.63) is 47.8 Å². The normalized spacial score (nSPS) is 15.1. The van der Waals surface area contributed by atoms with Crippen LogP contribution in [0.3, 0.4) is 0 Å². The first-order chi connectivity index (χ1) is 12.7. The van der Waals surface area contributed by atoms with Gasteiger partial charge in [0, 0.05) is 55.7 Å². The van der Waals surface area contributed by atoms with Gasteiger partial charge in [-0.1, -0.05) is 19.1 Å². The van der Waals surface area contributed by atoms with Crippen molar-refractivity contribution in [2.45, 2.75) is 45.7 Å². The number of hydrogen-bond acceptors (Lipinski definition) is 5. The number of nitrogens with one attached hydrogen (secondary N) is 2. The maximum Gasteiger partial charge on any atom is 0.225 e. The Balaban J connectivity index is 1.51. The molecular weight excluding hydrogens is 326 g/mol. The summed E-state index contributed by atoms with van der Waals surface area (Å²) in [5.41, 5.74) is 3.08. The van der Waals surface area contributed by atoms with Gasteiger partial charge in [0.25, 0.3) is 0 Å². The third-order valence-corrected chi connectivity index (χ3v) is 4.71. The molecule has 1 aromatic heterocycles. The van der Waals surface area contributed by atoms with Crippen LogP contribution >= 0.6 is 0 Å².